The molecule has 1 amide bonds. The van der Waals surface area contributed by atoms with Gasteiger partial charge >= 0.3 is 0 Å². The second-order valence-corrected chi connectivity index (χ2v) is 8.07. The van der Waals surface area contributed by atoms with Crippen molar-refractivity contribution < 1.29 is 4.79 Å². The van der Waals surface area contributed by atoms with Gasteiger partial charge in [-0.1, -0.05) is 42.5 Å². The van der Waals surface area contributed by atoms with Crippen LogP contribution in [0.5, 0.6) is 0 Å². The number of carbonyl (C=O) groups is 1. The molecule has 0 aliphatic carbocycles. The Morgan fingerprint density at radius 2 is 1.90 bits per heavy atom. The molecular weight excluding hydrogens is 378 g/mol. The number of likely N-dealkylation sites (tertiary alicyclic amines) is 1. The van der Waals surface area contributed by atoms with Crippen molar-refractivity contribution in [1.29, 1.82) is 0 Å². The summed E-state index contributed by atoms with van der Waals surface area (Å²) in [6.07, 6.45) is 1.91. The van der Waals surface area contributed by atoms with Crippen LogP contribution in [-0.2, 0) is 13.5 Å². The van der Waals surface area contributed by atoms with Gasteiger partial charge in [0.25, 0.3) is 5.91 Å². The van der Waals surface area contributed by atoms with Gasteiger partial charge in [-0.2, -0.15) is 4.80 Å². The van der Waals surface area contributed by atoms with Crippen molar-refractivity contribution in [1.82, 2.24) is 36.0 Å². The van der Waals surface area contributed by atoms with E-state index in [2.05, 4.69) is 50.5 Å². The third-order valence-electron chi connectivity index (χ3n) is 6.11. The molecule has 3 heterocycles. The van der Waals surface area contributed by atoms with Gasteiger partial charge in [-0.25, -0.2) is 0 Å². The molecule has 30 heavy (non-hydrogen) atoms. The zero-order valence-corrected chi connectivity index (χ0v) is 16.9. The molecule has 2 aliphatic heterocycles. The van der Waals surface area contributed by atoms with Crippen LogP contribution in [-0.4, -0.2) is 56.2 Å². The summed E-state index contributed by atoms with van der Waals surface area (Å²) < 4.78 is 0. The van der Waals surface area contributed by atoms with Gasteiger partial charge in [-0.05, 0) is 35.8 Å². The molecule has 3 atom stereocenters. The molecule has 8 nitrogen and oxygen atoms in total. The minimum Gasteiger partial charge on any atom is -0.338 e. The first-order valence-corrected chi connectivity index (χ1v) is 10.4. The average Bonchev–Trinajstić information content (AvgIpc) is 3.40. The van der Waals surface area contributed by atoms with E-state index in [1.807, 2.05) is 35.2 Å². The Balaban J connectivity index is 1.27. The van der Waals surface area contributed by atoms with Gasteiger partial charge in [-0.15, -0.1) is 10.2 Å². The van der Waals surface area contributed by atoms with E-state index in [1.54, 1.807) is 7.05 Å². The molecule has 1 aromatic heterocycles. The first-order chi connectivity index (χ1) is 14.7. The van der Waals surface area contributed by atoms with Crippen LogP contribution in [0.4, 0.5) is 0 Å². The number of fused-ring (bicyclic) bond motifs is 1. The molecular formula is C22H25N7O. The van der Waals surface area contributed by atoms with Crippen LogP contribution in [0.25, 0.3) is 11.4 Å². The minimum absolute atomic E-state index is 0.0810. The molecule has 0 spiro atoms. The van der Waals surface area contributed by atoms with E-state index in [9.17, 15) is 4.79 Å². The maximum absolute atomic E-state index is 13.1. The number of nitrogens with zero attached hydrogens (tertiary/aromatic N) is 5. The van der Waals surface area contributed by atoms with Crippen molar-refractivity contribution in [2.45, 2.75) is 24.9 Å². The Hall–Kier alpha value is -3.10. The second kappa shape index (κ2) is 7.97. The first-order valence-electron chi connectivity index (χ1n) is 10.4. The standard InChI is InChI=1S/C22H25N7O/c1-28-26-21(25-27-28)16-7-9-17(10-8-16)22(30)29-12-11-19-18(14-29)20(24-23-19)13-15-5-3-2-4-6-15/h2-10,18-20,23-24H,11-14H2,1H3. The van der Waals surface area contributed by atoms with Crippen molar-refractivity contribution in [3.8, 4) is 11.4 Å². The number of hydrogen-bond donors (Lipinski definition) is 2. The van der Waals surface area contributed by atoms with Gasteiger partial charge in [0.2, 0.25) is 5.82 Å². The van der Waals surface area contributed by atoms with Gasteiger partial charge in [0.1, 0.15) is 0 Å². The highest BCUT2D eigenvalue weighted by atomic mass is 16.2. The van der Waals surface area contributed by atoms with Crippen LogP contribution < -0.4 is 10.9 Å². The van der Waals surface area contributed by atoms with Gasteiger partial charge in [0.15, 0.2) is 0 Å². The highest BCUT2D eigenvalue weighted by molar-refractivity contribution is 5.94. The van der Waals surface area contributed by atoms with Crippen molar-refractivity contribution >= 4 is 5.91 Å². The highest BCUT2D eigenvalue weighted by Gasteiger charge is 2.40. The number of tetrazole rings is 1. The molecule has 2 aliphatic rings. The van der Waals surface area contributed by atoms with Crippen LogP contribution in [0.3, 0.4) is 0 Å². The number of nitrogens with one attached hydrogen (secondary N) is 2. The molecule has 2 N–H and O–H groups in total. The molecule has 0 saturated carbocycles. The Bertz CT molecular complexity index is 1020. The summed E-state index contributed by atoms with van der Waals surface area (Å²) in [5.74, 6) is 1.03. The second-order valence-electron chi connectivity index (χ2n) is 8.07. The van der Waals surface area contributed by atoms with Crippen molar-refractivity contribution in [2.75, 3.05) is 13.1 Å². The molecule has 2 fully saturated rings. The molecule has 0 bridgehead atoms. The van der Waals surface area contributed by atoms with Gasteiger partial charge in [-0.3, -0.25) is 15.6 Å². The summed E-state index contributed by atoms with van der Waals surface area (Å²) in [6.45, 7) is 1.52. The third-order valence-corrected chi connectivity index (χ3v) is 6.11. The number of carbonyl (C=O) groups excluding carboxylic acids is 1. The Labute approximate surface area is 175 Å². The zero-order valence-electron chi connectivity index (χ0n) is 16.9. The lowest BCUT2D eigenvalue weighted by molar-refractivity contribution is 0.0653. The highest BCUT2D eigenvalue weighted by Crippen LogP contribution is 2.27. The number of hydrazine groups is 1. The fourth-order valence-electron chi connectivity index (χ4n) is 4.49. The van der Waals surface area contributed by atoms with Gasteiger partial charge < -0.3 is 4.90 Å². The first kappa shape index (κ1) is 18.9. The summed E-state index contributed by atoms with van der Waals surface area (Å²) in [4.78, 5) is 16.6. The molecule has 2 aromatic carbocycles. The molecule has 3 unspecified atom stereocenters. The van der Waals surface area contributed by atoms with Crippen LogP contribution >= 0.6 is 0 Å². The van der Waals surface area contributed by atoms with E-state index < -0.39 is 0 Å². The fraction of sp³-hybridized carbons (Fsp3) is 0.364. The van der Waals surface area contributed by atoms with E-state index in [0.717, 1.165) is 31.5 Å². The maximum Gasteiger partial charge on any atom is 0.253 e. The summed E-state index contributed by atoms with van der Waals surface area (Å²) in [5.41, 5.74) is 9.77. The Morgan fingerprint density at radius 3 is 2.63 bits per heavy atom. The monoisotopic (exact) mass is 403 g/mol. The molecule has 0 radical (unpaired) electrons. The maximum atomic E-state index is 13.1. The van der Waals surface area contributed by atoms with E-state index in [-0.39, 0.29) is 5.91 Å². The fourth-order valence-corrected chi connectivity index (χ4v) is 4.49. The largest absolute Gasteiger partial charge is 0.338 e. The molecule has 5 rings (SSSR count). The Kier molecular flexibility index (Phi) is 5.02. The molecule has 3 aromatic rings. The zero-order chi connectivity index (χ0) is 20.5. The van der Waals surface area contributed by atoms with Crippen LogP contribution in [0.1, 0.15) is 22.3 Å². The summed E-state index contributed by atoms with van der Waals surface area (Å²) in [7, 11) is 1.73. The lowest BCUT2D eigenvalue weighted by Crippen LogP contribution is -2.48. The quantitative estimate of drug-likeness (QED) is 0.685. The third kappa shape index (κ3) is 3.71. The van der Waals surface area contributed by atoms with E-state index >= 15 is 0 Å². The van der Waals surface area contributed by atoms with Gasteiger partial charge in [0, 0.05) is 42.2 Å². The average molecular weight is 403 g/mol. The predicted octanol–water partition coefficient (Wildman–Crippen LogP) is 1.43. The van der Waals surface area contributed by atoms with E-state index in [1.165, 1.54) is 10.4 Å². The smallest absolute Gasteiger partial charge is 0.253 e. The molecule has 2 saturated heterocycles. The number of hydrogen-bond acceptors (Lipinski definition) is 6. The minimum atomic E-state index is 0.0810. The Morgan fingerprint density at radius 1 is 1.10 bits per heavy atom. The summed E-state index contributed by atoms with van der Waals surface area (Å²) >= 11 is 0. The summed E-state index contributed by atoms with van der Waals surface area (Å²) in [5, 5.41) is 12.1. The normalized spacial score (nSPS) is 23.4. The number of piperidine rings is 1. The van der Waals surface area contributed by atoms with Crippen LogP contribution in [0.15, 0.2) is 54.6 Å². The molecule has 8 heteroatoms. The topological polar surface area (TPSA) is 88.0 Å². The summed E-state index contributed by atoms with van der Waals surface area (Å²) in [6, 6.07) is 18.7. The lowest BCUT2D eigenvalue weighted by atomic mass is 9.85. The number of aryl methyl sites for hydroxylation is 1. The number of amides is 1. The van der Waals surface area contributed by atoms with Crippen LogP contribution in [0, 0.1) is 5.92 Å². The number of rotatable bonds is 4. The van der Waals surface area contributed by atoms with Crippen molar-refractivity contribution in [3.05, 3.63) is 65.7 Å². The van der Waals surface area contributed by atoms with E-state index in [0.29, 0.717) is 29.4 Å². The number of benzene rings is 2. The van der Waals surface area contributed by atoms with Gasteiger partial charge in [0.05, 0.1) is 7.05 Å². The molecule has 154 valence electrons. The lowest BCUT2D eigenvalue weighted by Gasteiger charge is -2.36. The SMILES string of the molecule is Cn1nnc(-c2ccc(C(=O)N3CCC4NNC(Cc5ccccc5)C4C3)cc2)n1. The number of aromatic nitrogens is 4. The van der Waals surface area contributed by atoms with E-state index in [4.69, 9.17) is 0 Å². The predicted molar refractivity (Wildman–Crippen MR) is 112 cm³/mol. The van der Waals surface area contributed by atoms with Crippen molar-refractivity contribution in [2.24, 2.45) is 13.0 Å². The van der Waals surface area contributed by atoms with Crippen molar-refractivity contribution in [3.63, 3.8) is 0 Å². The van der Waals surface area contributed by atoms with Crippen LogP contribution in [0.2, 0.25) is 0 Å².